The van der Waals surface area contributed by atoms with Crippen molar-refractivity contribution in [2.45, 2.75) is 0 Å². The fourth-order valence-electron chi connectivity index (χ4n) is 12.0. The highest BCUT2D eigenvalue weighted by molar-refractivity contribution is 7.24. The van der Waals surface area contributed by atoms with Gasteiger partial charge in [-0.15, -0.1) is 0 Å². The maximum absolute atomic E-state index is 6.90. The molecule has 11 aromatic rings. The molecule has 4 aliphatic heterocycles. The van der Waals surface area contributed by atoms with E-state index in [1.54, 1.807) is 0 Å². The van der Waals surface area contributed by atoms with Gasteiger partial charge < -0.3 is 13.8 Å². The van der Waals surface area contributed by atoms with Crippen molar-refractivity contribution in [3.05, 3.63) is 176 Å². The fraction of sp³-hybridized carbons (Fsp3) is 0. The van der Waals surface area contributed by atoms with Crippen molar-refractivity contribution in [2.24, 2.45) is 0 Å². The topological polar surface area (TPSA) is 21.3 Å². The van der Waals surface area contributed by atoms with Crippen LogP contribution >= 0.6 is 0 Å². The van der Waals surface area contributed by atoms with E-state index in [9.17, 15) is 0 Å². The molecule has 0 saturated carbocycles. The van der Waals surface area contributed by atoms with Crippen molar-refractivity contribution in [2.75, 3.05) is 4.90 Å². The van der Waals surface area contributed by atoms with Crippen molar-refractivity contribution < 1.29 is 4.42 Å². The van der Waals surface area contributed by atoms with Crippen LogP contribution in [0.1, 0.15) is 0 Å². The molecule has 5 heteroatoms. The minimum atomic E-state index is -2.80. The van der Waals surface area contributed by atoms with Crippen molar-refractivity contribution in [3.8, 4) is 22.3 Å². The Morgan fingerprint density at radius 1 is 0.456 bits per heavy atom. The molecular formula is C52H29BN2OSi. The maximum Gasteiger partial charge on any atom is 0.333 e. The molecule has 0 radical (unpaired) electrons. The Hall–Kier alpha value is -7.08. The molecule has 9 aromatic carbocycles. The van der Waals surface area contributed by atoms with E-state index < -0.39 is 8.07 Å². The zero-order chi connectivity index (χ0) is 36.7. The Balaban J connectivity index is 1.19. The summed E-state index contributed by atoms with van der Waals surface area (Å²) >= 11 is 0. The molecule has 0 N–H and O–H groups in total. The fourth-order valence-corrected chi connectivity index (χ4v) is 17.6. The molecule has 0 amide bonds. The molecule has 2 aromatic heterocycles. The summed E-state index contributed by atoms with van der Waals surface area (Å²) in [5.41, 5.74) is 16.3. The summed E-state index contributed by atoms with van der Waals surface area (Å²) in [7, 11) is -2.80. The van der Waals surface area contributed by atoms with Gasteiger partial charge >= 0.3 is 6.85 Å². The van der Waals surface area contributed by atoms with Gasteiger partial charge in [0.1, 0.15) is 11.2 Å². The predicted molar refractivity (Wildman–Crippen MR) is 241 cm³/mol. The second-order valence-corrected chi connectivity index (χ2v) is 19.9. The van der Waals surface area contributed by atoms with E-state index in [1.807, 2.05) is 0 Å². The second-order valence-electron chi connectivity index (χ2n) is 16.3. The first-order chi connectivity index (χ1) is 28.3. The van der Waals surface area contributed by atoms with Crippen LogP contribution in [0.2, 0.25) is 0 Å². The van der Waals surface area contributed by atoms with Gasteiger partial charge in [0.2, 0.25) is 0 Å². The number of hydrogen-bond donors (Lipinski definition) is 0. The third-order valence-electron chi connectivity index (χ3n) is 13.9. The summed E-state index contributed by atoms with van der Waals surface area (Å²) in [5, 5.41) is 13.4. The van der Waals surface area contributed by atoms with E-state index in [1.165, 1.54) is 109 Å². The standard InChI is InChI=1S/C52H29BN2OSi/c1-2-14-31-30(13-1)27-28-40-47(31)36-19-11-18-34-37-29-42-48(35-17-3-7-22-41(35)56-42)52-49(37)53(55(40)50(34)36)38-20-12-26-46-51(38)54(52)39-21-6-10-25-45(39)57(46)43-23-8-4-15-32(43)33-16-5-9-24-44(33)57/h1-29H. The Kier molecular flexibility index (Phi) is 5.04. The molecule has 15 rings (SSSR count). The van der Waals surface area contributed by atoms with E-state index in [0.29, 0.717) is 0 Å². The average molecular weight is 737 g/mol. The molecule has 0 fully saturated rings. The van der Waals surface area contributed by atoms with E-state index in [2.05, 4.69) is 185 Å². The molecule has 1 spiro atoms. The van der Waals surface area contributed by atoms with Gasteiger partial charge in [-0.05, 0) is 83.4 Å². The summed E-state index contributed by atoms with van der Waals surface area (Å²) < 4.78 is 9.61. The molecule has 0 saturated heterocycles. The largest absolute Gasteiger partial charge is 0.456 e. The minimum absolute atomic E-state index is 0.0569. The summed E-state index contributed by atoms with van der Waals surface area (Å²) in [6, 6.07) is 66.7. The van der Waals surface area contributed by atoms with Crippen LogP contribution in [0.4, 0.5) is 17.1 Å². The summed E-state index contributed by atoms with van der Waals surface area (Å²) in [4.78, 5) is 2.67. The maximum atomic E-state index is 6.90. The number of benzene rings is 9. The van der Waals surface area contributed by atoms with Gasteiger partial charge in [-0.1, -0.05) is 152 Å². The van der Waals surface area contributed by atoms with E-state index >= 15 is 0 Å². The molecule has 3 nitrogen and oxygen atoms in total. The summed E-state index contributed by atoms with van der Waals surface area (Å²) in [6.07, 6.45) is 0. The first-order valence-electron chi connectivity index (χ1n) is 20.0. The third-order valence-corrected chi connectivity index (χ3v) is 18.9. The number of aromatic nitrogens is 1. The van der Waals surface area contributed by atoms with Crippen molar-refractivity contribution in [3.63, 3.8) is 0 Å². The van der Waals surface area contributed by atoms with Crippen molar-refractivity contribution in [1.29, 1.82) is 0 Å². The van der Waals surface area contributed by atoms with Crippen molar-refractivity contribution in [1.82, 2.24) is 4.48 Å². The normalized spacial score (nSPS) is 14.7. The van der Waals surface area contributed by atoms with E-state index in [4.69, 9.17) is 4.42 Å². The number of furan rings is 1. The zero-order valence-corrected chi connectivity index (χ0v) is 31.6. The van der Waals surface area contributed by atoms with Gasteiger partial charge in [0.05, 0.1) is 11.1 Å². The molecule has 0 bridgehead atoms. The lowest BCUT2D eigenvalue weighted by atomic mass is 9.45. The van der Waals surface area contributed by atoms with E-state index in [-0.39, 0.29) is 6.85 Å². The molecule has 0 atom stereocenters. The lowest BCUT2D eigenvalue weighted by Gasteiger charge is -2.49. The number of fused-ring (bicyclic) bond motifs is 22. The second kappa shape index (κ2) is 9.83. The van der Waals surface area contributed by atoms with Crippen LogP contribution in [0.15, 0.2) is 180 Å². The van der Waals surface area contributed by atoms with Gasteiger partial charge in [0.25, 0.3) is 0 Å². The van der Waals surface area contributed by atoms with Crippen LogP contribution < -0.4 is 36.6 Å². The Morgan fingerprint density at radius 3 is 1.98 bits per heavy atom. The Bertz CT molecular complexity index is 3640. The highest BCUT2D eigenvalue weighted by Crippen LogP contribution is 2.51. The SMILES string of the molecule is c1ccc2c(c1)-c1ccccc1[Si]21c2ccccc2N2c3c(cccc31)B1c3c(cc4oc5ccccc5c4c32)-c2cccc3c4c5ccccc5ccc4n1c23. The molecule has 0 unspecified atom stereocenters. The smallest absolute Gasteiger partial charge is 0.333 e. The molecule has 4 aliphatic rings. The summed E-state index contributed by atoms with van der Waals surface area (Å²) in [5.74, 6) is 0. The van der Waals surface area contributed by atoms with Gasteiger partial charge in [0.15, 0.2) is 8.07 Å². The quantitative estimate of drug-likeness (QED) is 0.145. The number of anilines is 3. The highest BCUT2D eigenvalue weighted by Gasteiger charge is 2.57. The van der Waals surface area contributed by atoms with Crippen LogP contribution in [0, 0.1) is 0 Å². The predicted octanol–water partition coefficient (Wildman–Crippen LogP) is 8.94. The third kappa shape index (κ3) is 3.15. The molecule has 0 aliphatic carbocycles. The monoisotopic (exact) mass is 736 g/mol. The average Bonchev–Trinajstić information content (AvgIpc) is 3.92. The number of para-hydroxylation sites is 4. The number of nitrogens with zero attached hydrogens (tertiary/aromatic N) is 2. The van der Waals surface area contributed by atoms with Crippen LogP contribution in [-0.4, -0.2) is 19.4 Å². The van der Waals surface area contributed by atoms with Gasteiger partial charge in [0, 0.05) is 44.1 Å². The van der Waals surface area contributed by atoms with E-state index in [0.717, 1.165) is 16.6 Å². The van der Waals surface area contributed by atoms with Crippen LogP contribution in [0.5, 0.6) is 0 Å². The van der Waals surface area contributed by atoms with Gasteiger partial charge in [-0.3, -0.25) is 0 Å². The molecule has 57 heavy (non-hydrogen) atoms. The van der Waals surface area contributed by atoms with Gasteiger partial charge in [-0.2, -0.15) is 0 Å². The summed E-state index contributed by atoms with van der Waals surface area (Å²) in [6.45, 7) is -0.0569. The van der Waals surface area contributed by atoms with Crippen LogP contribution in [0.3, 0.4) is 0 Å². The van der Waals surface area contributed by atoms with Crippen molar-refractivity contribution >= 4 is 118 Å². The molecular weight excluding hydrogens is 707 g/mol. The lowest BCUT2D eigenvalue weighted by Crippen LogP contribution is -2.77. The highest BCUT2D eigenvalue weighted by atomic mass is 28.3. The first kappa shape index (κ1) is 29.2. The van der Waals surface area contributed by atoms with Crippen LogP contribution in [-0.2, 0) is 0 Å². The molecule has 260 valence electrons. The first-order valence-corrected chi connectivity index (χ1v) is 22.0. The minimum Gasteiger partial charge on any atom is -0.456 e. The Morgan fingerprint density at radius 2 is 1.12 bits per heavy atom. The lowest BCUT2D eigenvalue weighted by molar-refractivity contribution is 0.669. The van der Waals surface area contributed by atoms with Gasteiger partial charge in [-0.25, -0.2) is 0 Å². The number of hydrogen-bond acceptors (Lipinski definition) is 2. The zero-order valence-electron chi connectivity index (χ0n) is 30.6. The number of rotatable bonds is 0. The molecule has 6 heterocycles. The van der Waals surface area contributed by atoms with Crippen LogP contribution in [0.25, 0.3) is 76.8 Å². The Labute approximate surface area is 328 Å².